The fourth-order valence-electron chi connectivity index (χ4n) is 1.88. The van der Waals surface area contributed by atoms with Crippen LogP contribution < -0.4 is 4.74 Å². The molecule has 19 heavy (non-hydrogen) atoms. The Labute approximate surface area is 118 Å². The summed E-state index contributed by atoms with van der Waals surface area (Å²) in [6.45, 7) is 15.5. The number of hydrogen-bond acceptors (Lipinski definition) is 2. The minimum absolute atomic E-state index is 0.0531. The van der Waals surface area contributed by atoms with Gasteiger partial charge in [-0.1, -0.05) is 53.7 Å². The van der Waals surface area contributed by atoms with Crippen molar-refractivity contribution in [3.63, 3.8) is 0 Å². The van der Waals surface area contributed by atoms with E-state index in [2.05, 4.69) is 59.7 Å². The highest BCUT2D eigenvalue weighted by molar-refractivity contribution is 5.43. The van der Waals surface area contributed by atoms with Gasteiger partial charge in [-0.05, 0) is 28.0 Å². The standard InChI is InChI=1S/C17H27O2/c1-16(2,3)13-8-9-15(19-11-10-18-7)14(12-13)17(4,5)6/h8-9,11-12H,10H2,1-7H3. The van der Waals surface area contributed by atoms with Gasteiger partial charge in [-0.25, -0.2) is 0 Å². The van der Waals surface area contributed by atoms with Crippen molar-refractivity contribution >= 4 is 0 Å². The first kappa shape index (κ1) is 16.0. The zero-order valence-electron chi connectivity index (χ0n) is 13.3. The maximum Gasteiger partial charge on any atom is 0.161 e. The minimum atomic E-state index is 0.0531. The van der Waals surface area contributed by atoms with Gasteiger partial charge in [0.1, 0.15) is 5.75 Å². The lowest BCUT2D eigenvalue weighted by molar-refractivity contribution is 0.182. The molecule has 0 bridgehead atoms. The topological polar surface area (TPSA) is 18.5 Å². The smallest absolute Gasteiger partial charge is 0.161 e. The quantitative estimate of drug-likeness (QED) is 0.746. The molecular weight excluding hydrogens is 236 g/mol. The summed E-state index contributed by atoms with van der Waals surface area (Å²) in [4.78, 5) is 0. The van der Waals surface area contributed by atoms with Crippen molar-refractivity contribution in [3.05, 3.63) is 35.9 Å². The van der Waals surface area contributed by atoms with Crippen molar-refractivity contribution in [2.24, 2.45) is 0 Å². The Morgan fingerprint density at radius 3 is 2.11 bits per heavy atom. The van der Waals surface area contributed by atoms with Gasteiger partial charge < -0.3 is 9.47 Å². The Kier molecular flexibility index (Phi) is 5.03. The zero-order chi connectivity index (χ0) is 14.7. The van der Waals surface area contributed by atoms with Gasteiger partial charge >= 0.3 is 0 Å². The van der Waals surface area contributed by atoms with Gasteiger partial charge in [0.05, 0.1) is 6.61 Å². The first-order valence-corrected chi connectivity index (χ1v) is 6.78. The molecule has 0 heterocycles. The van der Waals surface area contributed by atoms with Crippen LogP contribution in [0.3, 0.4) is 0 Å². The summed E-state index contributed by atoms with van der Waals surface area (Å²) in [5.74, 6) is 0.914. The van der Waals surface area contributed by atoms with E-state index in [0.717, 1.165) is 5.75 Å². The summed E-state index contributed by atoms with van der Waals surface area (Å²) < 4.78 is 10.7. The lowest BCUT2D eigenvalue weighted by Gasteiger charge is -2.27. The highest BCUT2D eigenvalue weighted by atomic mass is 16.5. The maximum atomic E-state index is 5.72. The molecule has 0 saturated heterocycles. The number of methoxy groups -OCH3 is 1. The Hall–Kier alpha value is -1.02. The van der Waals surface area contributed by atoms with Crippen molar-refractivity contribution < 1.29 is 9.47 Å². The normalized spacial score (nSPS) is 12.6. The summed E-state index contributed by atoms with van der Waals surface area (Å²) in [6.07, 6.45) is 0. The van der Waals surface area contributed by atoms with E-state index < -0.39 is 0 Å². The van der Waals surface area contributed by atoms with E-state index in [0.29, 0.717) is 6.61 Å². The molecule has 0 atom stereocenters. The van der Waals surface area contributed by atoms with Gasteiger partial charge in [0, 0.05) is 7.11 Å². The van der Waals surface area contributed by atoms with Crippen molar-refractivity contribution in [2.45, 2.75) is 52.4 Å². The fourth-order valence-corrected chi connectivity index (χ4v) is 1.88. The van der Waals surface area contributed by atoms with Gasteiger partial charge in [-0.3, -0.25) is 0 Å². The third-order valence-corrected chi connectivity index (χ3v) is 3.10. The van der Waals surface area contributed by atoms with Crippen LogP contribution in [0.2, 0.25) is 0 Å². The van der Waals surface area contributed by atoms with E-state index in [4.69, 9.17) is 9.47 Å². The van der Waals surface area contributed by atoms with Gasteiger partial charge in [0.15, 0.2) is 6.61 Å². The summed E-state index contributed by atoms with van der Waals surface area (Å²) in [5, 5.41) is 0. The first-order chi connectivity index (χ1) is 8.66. The molecular formula is C17H27O2. The molecule has 0 saturated carbocycles. The van der Waals surface area contributed by atoms with Gasteiger partial charge in [-0.2, -0.15) is 0 Å². The largest absolute Gasteiger partial charge is 0.484 e. The van der Waals surface area contributed by atoms with Gasteiger partial charge in [0.2, 0.25) is 0 Å². The molecule has 1 aromatic carbocycles. The lowest BCUT2D eigenvalue weighted by Crippen LogP contribution is -2.17. The number of ether oxygens (including phenoxy) is 2. The third kappa shape index (κ3) is 4.54. The zero-order valence-corrected chi connectivity index (χ0v) is 13.3. The second-order valence-corrected chi connectivity index (χ2v) is 6.95. The number of rotatable bonds is 4. The van der Waals surface area contributed by atoms with E-state index in [1.54, 1.807) is 13.7 Å². The van der Waals surface area contributed by atoms with E-state index in [1.807, 2.05) is 0 Å². The second-order valence-electron chi connectivity index (χ2n) is 6.95. The van der Waals surface area contributed by atoms with Crippen LogP contribution in [-0.4, -0.2) is 13.7 Å². The van der Waals surface area contributed by atoms with E-state index in [1.165, 1.54) is 11.1 Å². The molecule has 0 fully saturated rings. The highest BCUT2D eigenvalue weighted by Crippen LogP contribution is 2.35. The van der Waals surface area contributed by atoms with Gasteiger partial charge in [0.25, 0.3) is 0 Å². The van der Waals surface area contributed by atoms with Crippen molar-refractivity contribution in [2.75, 3.05) is 13.7 Å². The summed E-state index contributed by atoms with van der Waals surface area (Å²) in [5.41, 5.74) is 2.76. The molecule has 0 aliphatic heterocycles. The van der Waals surface area contributed by atoms with Crippen LogP contribution in [0.4, 0.5) is 0 Å². The summed E-state index contributed by atoms with van der Waals surface area (Å²) in [6, 6.07) is 6.47. The Balaban J connectivity index is 3.11. The van der Waals surface area contributed by atoms with E-state index >= 15 is 0 Å². The highest BCUT2D eigenvalue weighted by Gasteiger charge is 2.22. The molecule has 0 spiro atoms. The average molecular weight is 263 g/mol. The summed E-state index contributed by atoms with van der Waals surface area (Å²) in [7, 11) is 1.66. The van der Waals surface area contributed by atoms with Gasteiger partial charge in [-0.15, -0.1) is 0 Å². The monoisotopic (exact) mass is 263 g/mol. The maximum absolute atomic E-state index is 5.72. The lowest BCUT2D eigenvalue weighted by atomic mass is 9.80. The van der Waals surface area contributed by atoms with Crippen LogP contribution in [-0.2, 0) is 15.6 Å². The fraction of sp³-hybridized carbons (Fsp3) is 0.588. The first-order valence-electron chi connectivity index (χ1n) is 6.78. The average Bonchev–Trinajstić information content (AvgIpc) is 2.27. The Morgan fingerprint density at radius 2 is 1.63 bits per heavy atom. The van der Waals surface area contributed by atoms with Crippen LogP contribution in [0.5, 0.6) is 5.75 Å². The predicted octanol–water partition coefficient (Wildman–Crippen LogP) is 4.47. The van der Waals surface area contributed by atoms with Crippen LogP contribution >= 0.6 is 0 Å². The predicted molar refractivity (Wildman–Crippen MR) is 80.6 cm³/mol. The molecule has 0 aliphatic carbocycles. The molecule has 1 rings (SSSR count). The molecule has 0 aliphatic rings. The molecule has 2 nitrogen and oxygen atoms in total. The molecule has 107 valence electrons. The molecule has 0 aromatic heterocycles. The van der Waals surface area contributed by atoms with Crippen LogP contribution in [0, 0.1) is 6.61 Å². The second kappa shape index (κ2) is 5.96. The van der Waals surface area contributed by atoms with Crippen LogP contribution in [0.1, 0.15) is 52.7 Å². The van der Waals surface area contributed by atoms with Crippen molar-refractivity contribution in [3.8, 4) is 5.75 Å². The molecule has 1 radical (unpaired) electrons. The summed E-state index contributed by atoms with van der Waals surface area (Å²) >= 11 is 0. The minimum Gasteiger partial charge on any atom is -0.484 e. The SMILES string of the molecule is COC[CH]Oc1ccc(C(C)(C)C)cc1C(C)(C)C. The third-order valence-electron chi connectivity index (χ3n) is 3.10. The Bertz CT molecular complexity index is 408. The molecule has 0 unspecified atom stereocenters. The molecule has 2 heteroatoms. The molecule has 0 amide bonds. The molecule has 0 N–H and O–H groups in total. The van der Waals surface area contributed by atoms with Crippen LogP contribution in [0.25, 0.3) is 0 Å². The van der Waals surface area contributed by atoms with E-state index in [-0.39, 0.29) is 10.8 Å². The number of hydrogen-bond donors (Lipinski definition) is 0. The van der Waals surface area contributed by atoms with Crippen LogP contribution in [0.15, 0.2) is 18.2 Å². The van der Waals surface area contributed by atoms with Crippen molar-refractivity contribution in [1.29, 1.82) is 0 Å². The Morgan fingerprint density at radius 1 is 1.00 bits per heavy atom. The van der Waals surface area contributed by atoms with E-state index in [9.17, 15) is 0 Å². The number of benzene rings is 1. The van der Waals surface area contributed by atoms with Crippen molar-refractivity contribution in [1.82, 2.24) is 0 Å². The molecule has 1 aromatic rings.